The van der Waals surface area contributed by atoms with Gasteiger partial charge in [-0.1, -0.05) is 0 Å². The van der Waals surface area contributed by atoms with Gasteiger partial charge in [0.2, 0.25) is 5.75 Å². The normalized spacial score (nSPS) is 11.0. The highest BCUT2D eigenvalue weighted by Crippen LogP contribution is 2.37. The Morgan fingerprint density at radius 2 is 1.76 bits per heavy atom. The first kappa shape index (κ1) is 16.5. The highest BCUT2D eigenvalue weighted by molar-refractivity contribution is 5.83. The molecule has 130 valence electrons. The van der Waals surface area contributed by atoms with Gasteiger partial charge in [0.25, 0.3) is 0 Å². The van der Waals surface area contributed by atoms with E-state index in [4.69, 9.17) is 14.2 Å². The van der Waals surface area contributed by atoms with Gasteiger partial charge >= 0.3 is 0 Å². The Balaban J connectivity index is 1.82. The summed E-state index contributed by atoms with van der Waals surface area (Å²) in [5.74, 6) is 2.92. The second-order valence-corrected chi connectivity index (χ2v) is 5.06. The Kier molecular flexibility index (Phi) is 4.64. The molecule has 0 aliphatic heterocycles. The van der Waals surface area contributed by atoms with E-state index in [-0.39, 0.29) is 0 Å². The molecule has 0 atom stereocenters. The molecule has 2 heterocycles. The topological polar surface area (TPSA) is 95.2 Å². The molecule has 9 nitrogen and oxygen atoms in total. The van der Waals surface area contributed by atoms with Crippen LogP contribution in [0.2, 0.25) is 0 Å². The maximum absolute atomic E-state index is 5.32. The van der Waals surface area contributed by atoms with Gasteiger partial charge in [0.15, 0.2) is 28.8 Å². The standard InChI is InChI=1S/C16H18N6O3/c1-10-18-20-15-6-5-14(21-22(10)15)19-17-9-11-7-12(23-2)16(25-4)13(8-11)24-3/h5-9H,1-4H3,(H,19,21). The van der Waals surface area contributed by atoms with E-state index in [0.29, 0.717) is 34.5 Å². The number of ether oxygens (including phenoxy) is 3. The maximum Gasteiger partial charge on any atom is 0.203 e. The molecular weight excluding hydrogens is 324 g/mol. The van der Waals surface area contributed by atoms with Crippen LogP contribution in [0.1, 0.15) is 11.4 Å². The molecule has 1 aromatic carbocycles. The van der Waals surface area contributed by atoms with Crippen molar-refractivity contribution in [1.82, 2.24) is 19.8 Å². The smallest absolute Gasteiger partial charge is 0.203 e. The maximum atomic E-state index is 5.32. The summed E-state index contributed by atoms with van der Waals surface area (Å²) < 4.78 is 17.6. The van der Waals surface area contributed by atoms with Crippen molar-refractivity contribution >= 4 is 17.7 Å². The Hall–Kier alpha value is -3.36. The molecule has 3 aromatic rings. The average molecular weight is 342 g/mol. The van der Waals surface area contributed by atoms with Crippen LogP contribution < -0.4 is 19.6 Å². The molecule has 0 unspecified atom stereocenters. The molecule has 0 saturated heterocycles. The first-order valence-electron chi connectivity index (χ1n) is 7.44. The summed E-state index contributed by atoms with van der Waals surface area (Å²) in [5.41, 5.74) is 4.33. The van der Waals surface area contributed by atoms with Crippen molar-refractivity contribution in [3.8, 4) is 17.2 Å². The van der Waals surface area contributed by atoms with Crippen molar-refractivity contribution in [1.29, 1.82) is 0 Å². The number of hydrogen-bond acceptors (Lipinski definition) is 8. The Bertz CT molecular complexity index is 896. The van der Waals surface area contributed by atoms with Crippen LogP contribution in [-0.2, 0) is 0 Å². The van der Waals surface area contributed by atoms with Gasteiger partial charge in [-0.05, 0) is 31.2 Å². The van der Waals surface area contributed by atoms with Crippen molar-refractivity contribution in [2.24, 2.45) is 5.10 Å². The largest absolute Gasteiger partial charge is 0.493 e. The van der Waals surface area contributed by atoms with E-state index in [1.165, 1.54) is 0 Å². The molecule has 0 radical (unpaired) electrons. The quantitative estimate of drug-likeness (QED) is 0.540. The number of nitrogens with zero attached hydrogens (tertiary/aromatic N) is 5. The van der Waals surface area contributed by atoms with Gasteiger partial charge in [0.1, 0.15) is 0 Å². The number of aryl methyl sites for hydroxylation is 1. The van der Waals surface area contributed by atoms with Crippen LogP contribution in [0.25, 0.3) is 5.65 Å². The van der Waals surface area contributed by atoms with Crippen LogP contribution in [0.4, 0.5) is 5.82 Å². The summed E-state index contributed by atoms with van der Waals surface area (Å²) in [6.45, 7) is 1.83. The lowest BCUT2D eigenvalue weighted by Crippen LogP contribution is -2.00. The van der Waals surface area contributed by atoms with Crippen molar-refractivity contribution in [2.75, 3.05) is 26.8 Å². The van der Waals surface area contributed by atoms with E-state index < -0.39 is 0 Å². The fourth-order valence-corrected chi connectivity index (χ4v) is 2.30. The number of anilines is 1. The average Bonchev–Trinajstić information content (AvgIpc) is 3.01. The van der Waals surface area contributed by atoms with Gasteiger partial charge in [0, 0.05) is 5.56 Å². The van der Waals surface area contributed by atoms with Crippen LogP contribution in [0, 0.1) is 6.92 Å². The van der Waals surface area contributed by atoms with E-state index in [2.05, 4.69) is 25.8 Å². The summed E-state index contributed by atoms with van der Waals surface area (Å²) in [6.07, 6.45) is 1.63. The second kappa shape index (κ2) is 7.04. The Labute approximate surface area is 144 Å². The third-order valence-corrected chi connectivity index (χ3v) is 3.50. The zero-order valence-electron chi connectivity index (χ0n) is 14.3. The second-order valence-electron chi connectivity index (χ2n) is 5.06. The number of aromatic nitrogens is 4. The fraction of sp³-hybridized carbons (Fsp3) is 0.250. The Morgan fingerprint density at radius 1 is 1.04 bits per heavy atom. The molecule has 0 aliphatic rings. The van der Waals surface area contributed by atoms with Gasteiger partial charge < -0.3 is 14.2 Å². The molecule has 0 aliphatic carbocycles. The van der Waals surface area contributed by atoms with Gasteiger partial charge in [-0.3, -0.25) is 5.43 Å². The summed E-state index contributed by atoms with van der Waals surface area (Å²) in [7, 11) is 4.69. The van der Waals surface area contributed by atoms with Crippen LogP contribution in [0.3, 0.4) is 0 Å². The van der Waals surface area contributed by atoms with Crippen LogP contribution in [0.15, 0.2) is 29.4 Å². The molecule has 25 heavy (non-hydrogen) atoms. The molecule has 1 N–H and O–H groups in total. The van der Waals surface area contributed by atoms with Crippen molar-refractivity contribution in [3.63, 3.8) is 0 Å². The van der Waals surface area contributed by atoms with Gasteiger partial charge in [0.05, 0.1) is 27.5 Å². The third kappa shape index (κ3) is 3.30. The molecule has 9 heteroatoms. The summed E-state index contributed by atoms with van der Waals surface area (Å²) in [4.78, 5) is 0. The monoisotopic (exact) mass is 342 g/mol. The van der Waals surface area contributed by atoms with Crippen LogP contribution >= 0.6 is 0 Å². The molecule has 0 fully saturated rings. The molecule has 0 bridgehead atoms. The predicted molar refractivity (Wildman–Crippen MR) is 92.8 cm³/mol. The number of methoxy groups -OCH3 is 3. The fourth-order valence-electron chi connectivity index (χ4n) is 2.30. The van der Waals surface area contributed by atoms with Gasteiger partial charge in [-0.2, -0.15) is 9.62 Å². The van der Waals surface area contributed by atoms with Crippen LogP contribution in [0.5, 0.6) is 17.2 Å². The van der Waals surface area contributed by atoms with E-state index in [0.717, 1.165) is 5.56 Å². The van der Waals surface area contributed by atoms with E-state index in [1.54, 1.807) is 50.3 Å². The van der Waals surface area contributed by atoms with E-state index in [9.17, 15) is 0 Å². The van der Waals surface area contributed by atoms with Crippen molar-refractivity contribution < 1.29 is 14.2 Å². The Morgan fingerprint density at radius 3 is 2.40 bits per heavy atom. The highest BCUT2D eigenvalue weighted by atomic mass is 16.5. The number of hydrogen-bond donors (Lipinski definition) is 1. The van der Waals surface area contributed by atoms with Crippen molar-refractivity contribution in [2.45, 2.75) is 6.92 Å². The molecule has 2 aromatic heterocycles. The lowest BCUT2D eigenvalue weighted by atomic mass is 10.2. The van der Waals surface area contributed by atoms with Crippen molar-refractivity contribution in [3.05, 3.63) is 35.7 Å². The SMILES string of the molecule is COc1cc(C=NNc2ccc3nnc(C)n3n2)cc(OC)c1OC. The summed E-state index contributed by atoms with van der Waals surface area (Å²) in [6, 6.07) is 7.18. The third-order valence-electron chi connectivity index (χ3n) is 3.50. The first-order valence-corrected chi connectivity index (χ1v) is 7.44. The first-order chi connectivity index (χ1) is 12.2. The number of nitrogens with one attached hydrogen (secondary N) is 1. The summed E-state index contributed by atoms with van der Waals surface area (Å²) in [5, 5.41) is 16.5. The number of fused-ring (bicyclic) bond motifs is 1. The molecule has 0 saturated carbocycles. The van der Waals surface area contributed by atoms with E-state index >= 15 is 0 Å². The number of benzene rings is 1. The molecule has 0 spiro atoms. The van der Waals surface area contributed by atoms with E-state index in [1.807, 2.05) is 13.0 Å². The molecule has 3 rings (SSSR count). The summed E-state index contributed by atoms with van der Waals surface area (Å²) >= 11 is 0. The van der Waals surface area contributed by atoms with Crippen LogP contribution in [-0.4, -0.2) is 47.4 Å². The minimum Gasteiger partial charge on any atom is -0.493 e. The zero-order chi connectivity index (χ0) is 17.8. The predicted octanol–water partition coefficient (Wildman–Crippen LogP) is 1.90. The van der Waals surface area contributed by atoms with Gasteiger partial charge in [-0.15, -0.1) is 15.3 Å². The lowest BCUT2D eigenvalue weighted by Gasteiger charge is -2.12. The highest BCUT2D eigenvalue weighted by Gasteiger charge is 2.12. The molecule has 0 amide bonds. The minimum atomic E-state index is 0.533. The minimum absolute atomic E-state index is 0.533. The number of hydrazone groups is 1. The molecular formula is C16H18N6O3. The number of rotatable bonds is 6. The zero-order valence-corrected chi connectivity index (χ0v) is 14.3. The lowest BCUT2D eigenvalue weighted by molar-refractivity contribution is 0.324. The van der Waals surface area contributed by atoms with Gasteiger partial charge in [-0.25, -0.2) is 0 Å².